The van der Waals surface area contributed by atoms with Crippen LogP contribution < -0.4 is 15.8 Å². The predicted molar refractivity (Wildman–Crippen MR) is 110 cm³/mol. The highest BCUT2D eigenvalue weighted by atomic mass is 32.2. The van der Waals surface area contributed by atoms with Crippen LogP contribution in [0.4, 0.5) is 11.4 Å². The Labute approximate surface area is 177 Å². The van der Waals surface area contributed by atoms with Crippen LogP contribution in [0.15, 0.2) is 76.2 Å². The summed E-state index contributed by atoms with van der Waals surface area (Å²) in [4.78, 5) is 36.4. The van der Waals surface area contributed by atoms with Gasteiger partial charge in [0.2, 0.25) is 10.0 Å². The Bertz CT molecular complexity index is 1220. The van der Waals surface area contributed by atoms with Crippen LogP contribution in [0.1, 0.15) is 20.9 Å². The van der Waals surface area contributed by atoms with Crippen molar-refractivity contribution >= 4 is 39.2 Å². The number of hydrogen-bond acceptors (Lipinski definition) is 7. The van der Waals surface area contributed by atoms with E-state index in [0.29, 0.717) is 0 Å². The van der Waals surface area contributed by atoms with Gasteiger partial charge in [0.05, 0.1) is 22.4 Å². The van der Waals surface area contributed by atoms with E-state index in [4.69, 9.17) is 14.3 Å². The molecule has 0 atom stereocenters. The van der Waals surface area contributed by atoms with Gasteiger partial charge in [0, 0.05) is 5.69 Å². The summed E-state index contributed by atoms with van der Waals surface area (Å²) in [6.45, 7) is -0.640. The van der Waals surface area contributed by atoms with Crippen molar-refractivity contribution in [1.82, 2.24) is 0 Å². The second-order valence-corrected chi connectivity index (χ2v) is 7.74. The molecule has 2 aromatic carbocycles. The smallest absolute Gasteiger partial charge is 0.340 e. The second-order valence-electron chi connectivity index (χ2n) is 6.17. The quantitative estimate of drug-likeness (QED) is 0.471. The molecule has 0 aliphatic rings. The summed E-state index contributed by atoms with van der Waals surface area (Å²) < 4.78 is 32.8. The van der Waals surface area contributed by atoms with E-state index < -0.39 is 34.4 Å². The lowest BCUT2D eigenvalue weighted by molar-refractivity contribution is -0.119. The first-order valence-corrected chi connectivity index (χ1v) is 10.3. The van der Waals surface area contributed by atoms with Gasteiger partial charge in [-0.05, 0) is 42.5 Å². The van der Waals surface area contributed by atoms with E-state index in [0.717, 1.165) is 0 Å². The maximum atomic E-state index is 12.4. The summed E-state index contributed by atoms with van der Waals surface area (Å²) >= 11 is 0. The molecule has 0 unspecified atom stereocenters. The summed E-state index contributed by atoms with van der Waals surface area (Å²) in [6, 6.07) is 14.4. The zero-order valence-electron chi connectivity index (χ0n) is 15.9. The summed E-state index contributed by atoms with van der Waals surface area (Å²) in [5.74, 6) is -2.04. The van der Waals surface area contributed by atoms with Gasteiger partial charge in [0.25, 0.3) is 11.8 Å². The van der Waals surface area contributed by atoms with Crippen LogP contribution in [-0.4, -0.2) is 32.8 Å². The zero-order valence-corrected chi connectivity index (χ0v) is 16.7. The molecular weight excluding hydrogens is 426 g/mol. The number of furan rings is 1. The van der Waals surface area contributed by atoms with E-state index in [9.17, 15) is 22.8 Å². The average molecular weight is 443 g/mol. The molecule has 10 nitrogen and oxygen atoms in total. The Hall–Kier alpha value is -3.96. The van der Waals surface area contributed by atoms with Gasteiger partial charge < -0.3 is 19.8 Å². The number of anilines is 2. The van der Waals surface area contributed by atoms with Gasteiger partial charge in [0.1, 0.15) is 0 Å². The predicted octanol–water partition coefficient (Wildman–Crippen LogP) is 1.97. The lowest BCUT2D eigenvalue weighted by Gasteiger charge is -2.11. The molecule has 0 fully saturated rings. The van der Waals surface area contributed by atoms with E-state index in [1.54, 1.807) is 18.2 Å². The van der Waals surface area contributed by atoms with Gasteiger partial charge in [0.15, 0.2) is 12.4 Å². The third-order valence-corrected chi connectivity index (χ3v) is 4.83. The molecule has 0 spiro atoms. The molecule has 2 amide bonds. The van der Waals surface area contributed by atoms with E-state index in [1.165, 1.54) is 48.7 Å². The first-order valence-electron chi connectivity index (χ1n) is 8.78. The standard InChI is InChI=1S/C20H17N3O7S/c21-31(27,28)14-6-3-5-13(11-14)22-18(24)12-30-20(26)15-7-1-2-8-16(15)23-19(25)17-9-4-10-29-17/h1-11H,12H2,(H,22,24)(H,23,25)(H2,21,27,28). The number of rotatable bonds is 7. The number of primary sulfonamides is 1. The third kappa shape index (κ3) is 5.78. The molecule has 3 rings (SSSR count). The fourth-order valence-electron chi connectivity index (χ4n) is 2.52. The Morgan fingerprint density at radius 1 is 0.968 bits per heavy atom. The number of nitrogens with two attached hydrogens (primary N) is 1. The van der Waals surface area contributed by atoms with Crippen LogP contribution in [0.5, 0.6) is 0 Å². The normalized spacial score (nSPS) is 10.9. The Balaban J connectivity index is 1.62. The number of amides is 2. The molecule has 0 radical (unpaired) electrons. The molecule has 0 bridgehead atoms. The first-order chi connectivity index (χ1) is 14.7. The van der Waals surface area contributed by atoms with Crippen molar-refractivity contribution in [1.29, 1.82) is 0 Å². The molecule has 160 valence electrons. The minimum Gasteiger partial charge on any atom is -0.459 e. The number of carbonyl (C=O) groups excluding carboxylic acids is 3. The number of esters is 1. The maximum Gasteiger partial charge on any atom is 0.340 e. The summed E-state index contributed by atoms with van der Waals surface area (Å²) in [7, 11) is -3.93. The molecule has 0 aliphatic heterocycles. The number of sulfonamides is 1. The highest BCUT2D eigenvalue weighted by Crippen LogP contribution is 2.18. The van der Waals surface area contributed by atoms with E-state index in [-0.39, 0.29) is 27.6 Å². The number of benzene rings is 2. The van der Waals surface area contributed by atoms with E-state index >= 15 is 0 Å². The van der Waals surface area contributed by atoms with Crippen molar-refractivity contribution in [3.63, 3.8) is 0 Å². The van der Waals surface area contributed by atoms with Crippen LogP contribution >= 0.6 is 0 Å². The van der Waals surface area contributed by atoms with Crippen molar-refractivity contribution in [2.75, 3.05) is 17.2 Å². The van der Waals surface area contributed by atoms with Crippen molar-refractivity contribution < 1.29 is 32.0 Å². The summed E-state index contributed by atoms with van der Waals surface area (Å²) in [5.41, 5.74) is 0.375. The average Bonchev–Trinajstić information content (AvgIpc) is 3.27. The minimum absolute atomic E-state index is 0.0337. The lowest BCUT2D eigenvalue weighted by atomic mass is 10.1. The molecule has 0 aliphatic carbocycles. The van der Waals surface area contributed by atoms with Crippen molar-refractivity contribution in [3.05, 3.63) is 78.3 Å². The number of carbonyl (C=O) groups is 3. The number of hydrogen-bond donors (Lipinski definition) is 3. The van der Waals surface area contributed by atoms with Gasteiger partial charge in [-0.1, -0.05) is 18.2 Å². The minimum atomic E-state index is -3.93. The molecule has 31 heavy (non-hydrogen) atoms. The molecule has 0 saturated heterocycles. The van der Waals surface area contributed by atoms with Crippen LogP contribution in [0.25, 0.3) is 0 Å². The Morgan fingerprint density at radius 2 is 1.74 bits per heavy atom. The molecule has 11 heteroatoms. The number of nitrogens with one attached hydrogen (secondary N) is 2. The molecule has 0 saturated carbocycles. The van der Waals surface area contributed by atoms with Crippen molar-refractivity contribution in [2.24, 2.45) is 5.14 Å². The fourth-order valence-corrected chi connectivity index (χ4v) is 3.08. The van der Waals surface area contributed by atoms with Crippen molar-refractivity contribution in [3.8, 4) is 0 Å². The Morgan fingerprint density at radius 3 is 2.45 bits per heavy atom. The third-order valence-electron chi connectivity index (χ3n) is 3.92. The highest BCUT2D eigenvalue weighted by molar-refractivity contribution is 7.89. The molecule has 3 aromatic rings. The van der Waals surface area contributed by atoms with E-state index in [2.05, 4.69) is 10.6 Å². The number of para-hydroxylation sites is 1. The molecular formula is C20H17N3O7S. The van der Waals surface area contributed by atoms with Gasteiger partial charge in [-0.2, -0.15) is 0 Å². The van der Waals surface area contributed by atoms with E-state index in [1.807, 2.05) is 0 Å². The zero-order chi connectivity index (χ0) is 22.4. The van der Waals surface area contributed by atoms with Gasteiger partial charge in [-0.25, -0.2) is 18.4 Å². The largest absolute Gasteiger partial charge is 0.459 e. The SMILES string of the molecule is NS(=O)(=O)c1cccc(NC(=O)COC(=O)c2ccccc2NC(=O)c2ccco2)c1. The highest BCUT2D eigenvalue weighted by Gasteiger charge is 2.18. The monoisotopic (exact) mass is 443 g/mol. The number of ether oxygens (including phenoxy) is 1. The van der Waals surface area contributed by atoms with Crippen LogP contribution in [0, 0.1) is 0 Å². The summed E-state index contributed by atoms with van der Waals surface area (Å²) in [5, 5.41) is 10.0. The van der Waals surface area contributed by atoms with Crippen LogP contribution in [-0.2, 0) is 19.6 Å². The molecule has 4 N–H and O–H groups in total. The topological polar surface area (TPSA) is 158 Å². The van der Waals surface area contributed by atoms with Crippen molar-refractivity contribution in [2.45, 2.75) is 4.90 Å². The molecule has 1 heterocycles. The van der Waals surface area contributed by atoms with Gasteiger partial charge in [-0.3, -0.25) is 9.59 Å². The van der Waals surface area contributed by atoms with Gasteiger partial charge in [-0.15, -0.1) is 0 Å². The summed E-state index contributed by atoms with van der Waals surface area (Å²) in [6.07, 6.45) is 1.34. The maximum absolute atomic E-state index is 12.4. The second kappa shape index (κ2) is 9.24. The molecule has 1 aromatic heterocycles. The van der Waals surface area contributed by atoms with Crippen LogP contribution in [0.3, 0.4) is 0 Å². The Kier molecular flexibility index (Phi) is 6.48. The first kappa shape index (κ1) is 21.7. The van der Waals surface area contributed by atoms with Gasteiger partial charge >= 0.3 is 5.97 Å². The lowest BCUT2D eigenvalue weighted by Crippen LogP contribution is -2.22. The fraction of sp³-hybridized carbons (Fsp3) is 0.0500. The van der Waals surface area contributed by atoms with Crippen LogP contribution in [0.2, 0.25) is 0 Å².